The van der Waals surface area contributed by atoms with Crippen LogP contribution in [0.1, 0.15) is 17.2 Å². The van der Waals surface area contributed by atoms with E-state index in [1.165, 1.54) is 0 Å². The molecular weight excluding hydrogens is 198 g/mol. The number of fused-ring (bicyclic) bond motifs is 3. The van der Waals surface area contributed by atoms with Crippen molar-refractivity contribution in [1.82, 2.24) is 9.55 Å². The maximum atomic E-state index is 4.50. The predicted molar refractivity (Wildman–Crippen MR) is 65.7 cm³/mol. The number of anilines is 1. The molecule has 0 saturated carbocycles. The van der Waals surface area contributed by atoms with E-state index in [0.29, 0.717) is 0 Å². The van der Waals surface area contributed by atoms with Crippen molar-refractivity contribution in [2.75, 3.05) is 5.32 Å². The molecule has 0 amide bonds. The van der Waals surface area contributed by atoms with Crippen LogP contribution in [-0.4, -0.2) is 9.55 Å². The Bertz CT molecular complexity index is 593. The standard InChI is InChI=1S/C13H13N3/c1-8-13-9(2)15-11-6-4-5-7-12(11)16(13)10(3)14-8/h4-7,15H,2H2,1,3H3. The number of imidazole rings is 1. The minimum atomic E-state index is 0.914. The normalized spacial score (nSPS) is 13.0. The van der Waals surface area contributed by atoms with E-state index in [2.05, 4.69) is 33.6 Å². The Kier molecular flexibility index (Phi) is 1.72. The molecule has 3 heteroatoms. The first-order valence-electron chi connectivity index (χ1n) is 5.30. The smallest absolute Gasteiger partial charge is 0.111 e. The first kappa shape index (κ1) is 9.21. The van der Waals surface area contributed by atoms with Gasteiger partial charge in [-0.15, -0.1) is 0 Å². The second-order valence-electron chi connectivity index (χ2n) is 4.05. The number of aryl methyl sites for hydroxylation is 2. The Hall–Kier alpha value is -2.03. The van der Waals surface area contributed by atoms with Crippen LogP contribution in [0.15, 0.2) is 30.8 Å². The van der Waals surface area contributed by atoms with Gasteiger partial charge in [0, 0.05) is 0 Å². The third-order valence-corrected chi connectivity index (χ3v) is 2.94. The van der Waals surface area contributed by atoms with Crippen LogP contribution in [0.25, 0.3) is 11.4 Å². The third-order valence-electron chi connectivity index (χ3n) is 2.94. The van der Waals surface area contributed by atoms with Gasteiger partial charge >= 0.3 is 0 Å². The Morgan fingerprint density at radius 2 is 2.00 bits per heavy atom. The molecule has 0 bridgehead atoms. The second kappa shape index (κ2) is 2.98. The van der Waals surface area contributed by atoms with E-state index in [-0.39, 0.29) is 0 Å². The number of nitrogens with one attached hydrogen (secondary N) is 1. The largest absolute Gasteiger partial charge is 0.353 e. The molecule has 1 aliphatic rings. The number of hydrogen-bond donors (Lipinski definition) is 1. The van der Waals surface area contributed by atoms with Crippen molar-refractivity contribution >= 4 is 11.4 Å². The molecule has 1 aromatic heterocycles. The topological polar surface area (TPSA) is 29.9 Å². The van der Waals surface area contributed by atoms with Gasteiger partial charge in [0.15, 0.2) is 0 Å². The summed E-state index contributed by atoms with van der Waals surface area (Å²) in [6, 6.07) is 8.20. The van der Waals surface area contributed by atoms with Crippen molar-refractivity contribution in [3.63, 3.8) is 0 Å². The van der Waals surface area contributed by atoms with Gasteiger partial charge in [-0.05, 0) is 26.0 Å². The molecule has 0 fully saturated rings. The molecule has 0 saturated heterocycles. The SMILES string of the molecule is C=C1Nc2ccccc2-n2c(C)nc(C)c21. The molecule has 16 heavy (non-hydrogen) atoms. The van der Waals surface area contributed by atoms with Crippen LogP contribution in [0.4, 0.5) is 5.69 Å². The van der Waals surface area contributed by atoms with Gasteiger partial charge < -0.3 is 5.32 Å². The van der Waals surface area contributed by atoms with E-state index in [9.17, 15) is 0 Å². The second-order valence-corrected chi connectivity index (χ2v) is 4.05. The summed E-state index contributed by atoms with van der Waals surface area (Å²) >= 11 is 0. The number of rotatable bonds is 0. The molecular formula is C13H13N3. The molecule has 0 aliphatic carbocycles. The van der Waals surface area contributed by atoms with Gasteiger partial charge in [0.1, 0.15) is 5.82 Å². The number of benzene rings is 1. The van der Waals surface area contributed by atoms with Crippen LogP contribution < -0.4 is 5.32 Å². The highest BCUT2D eigenvalue weighted by atomic mass is 15.2. The quantitative estimate of drug-likeness (QED) is 0.726. The Morgan fingerprint density at radius 3 is 2.81 bits per heavy atom. The molecule has 0 unspecified atom stereocenters. The van der Waals surface area contributed by atoms with Crippen molar-refractivity contribution in [2.24, 2.45) is 0 Å². The lowest BCUT2D eigenvalue weighted by Gasteiger charge is -2.23. The Balaban J connectivity index is 2.40. The molecule has 0 radical (unpaired) electrons. The lowest BCUT2D eigenvalue weighted by Crippen LogP contribution is -2.14. The lowest BCUT2D eigenvalue weighted by atomic mass is 10.1. The zero-order chi connectivity index (χ0) is 11.3. The van der Waals surface area contributed by atoms with Crippen molar-refractivity contribution in [3.05, 3.63) is 48.1 Å². The fourth-order valence-corrected chi connectivity index (χ4v) is 2.31. The fraction of sp³-hybridized carbons (Fsp3) is 0.154. The Morgan fingerprint density at radius 1 is 1.25 bits per heavy atom. The van der Waals surface area contributed by atoms with Gasteiger partial charge in [-0.3, -0.25) is 4.57 Å². The molecule has 2 aromatic rings. The predicted octanol–water partition coefficient (Wildman–Crippen LogP) is 2.89. The highest BCUT2D eigenvalue weighted by Crippen LogP contribution is 2.34. The first-order valence-corrected chi connectivity index (χ1v) is 5.30. The minimum absolute atomic E-state index is 0.914. The van der Waals surface area contributed by atoms with Crippen molar-refractivity contribution < 1.29 is 0 Å². The van der Waals surface area contributed by atoms with Crippen LogP contribution in [0, 0.1) is 13.8 Å². The molecule has 1 N–H and O–H groups in total. The van der Waals surface area contributed by atoms with Gasteiger partial charge in [0.25, 0.3) is 0 Å². The summed E-state index contributed by atoms with van der Waals surface area (Å²) in [5, 5.41) is 3.31. The fourth-order valence-electron chi connectivity index (χ4n) is 2.31. The van der Waals surface area contributed by atoms with Gasteiger partial charge in [-0.2, -0.15) is 0 Å². The maximum Gasteiger partial charge on any atom is 0.111 e. The van der Waals surface area contributed by atoms with Crippen LogP contribution in [0.3, 0.4) is 0 Å². The monoisotopic (exact) mass is 211 g/mol. The van der Waals surface area contributed by atoms with E-state index in [1.807, 2.05) is 26.0 Å². The van der Waals surface area contributed by atoms with E-state index in [0.717, 1.165) is 34.3 Å². The summed E-state index contributed by atoms with van der Waals surface area (Å²) in [5.74, 6) is 1.00. The minimum Gasteiger partial charge on any atom is -0.353 e. The van der Waals surface area contributed by atoms with Gasteiger partial charge in [0.05, 0.1) is 28.5 Å². The van der Waals surface area contributed by atoms with Gasteiger partial charge in [0.2, 0.25) is 0 Å². The summed E-state index contributed by atoms with van der Waals surface area (Å²) in [5.41, 5.74) is 5.24. The number of nitrogens with zero attached hydrogens (tertiary/aromatic N) is 2. The molecule has 0 spiro atoms. The molecule has 3 nitrogen and oxygen atoms in total. The highest BCUT2D eigenvalue weighted by molar-refractivity contribution is 5.84. The zero-order valence-corrected chi connectivity index (χ0v) is 9.41. The van der Waals surface area contributed by atoms with Crippen LogP contribution in [0.2, 0.25) is 0 Å². The molecule has 2 heterocycles. The number of hydrogen-bond acceptors (Lipinski definition) is 2. The van der Waals surface area contributed by atoms with E-state index < -0.39 is 0 Å². The Labute approximate surface area is 94.4 Å². The van der Waals surface area contributed by atoms with Crippen LogP contribution in [0.5, 0.6) is 0 Å². The zero-order valence-electron chi connectivity index (χ0n) is 9.41. The van der Waals surface area contributed by atoms with E-state index in [1.54, 1.807) is 0 Å². The van der Waals surface area contributed by atoms with Gasteiger partial charge in [-0.25, -0.2) is 4.98 Å². The molecule has 1 aromatic carbocycles. The van der Waals surface area contributed by atoms with Gasteiger partial charge in [-0.1, -0.05) is 18.7 Å². The molecule has 0 atom stereocenters. The van der Waals surface area contributed by atoms with Crippen molar-refractivity contribution in [3.8, 4) is 5.69 Å². The number of para-hydroxylation sites is 2. The summed E-state index contributed by atoms with van der Waals surface area (Å²) in [6.45, 7) is 8.09. The summed E-state index contributed by atoms with van der Waals surface area (Å²) in [4.78, 5) is 4.50. The summed E-state index contributed by atoms with van der Waals surface area (Å²) < 4.78 is 2.16. The first-order chi connectivity index (χ1) is 7.68. The van der Waals surface area contributed by atoms with Crippen molar-refractivity contribution in [1.29, 1.82) is 0 Å². The number of aromatic nitrogens is 2. The molecule has 1 aliphatic heterocycles. The average molecular weight is 211 g/mol. The summed E-state index contributed by atoms with van der Waals surface area (Å²) in [6.07, 6.45) is 0. The molecule has 3 rings (SSSR count). The van der Waals surface area contributed by atoms with Crippen molar-refractivity contribution in [2.45, 2.75) is 13.8 Å². The average Bonchev–Trinajstić information content (AvgIpc) is 2.55. The molecule has 80 valence electrons. The van der Waals surface area contributed by atoms with Crippen LogP contribution in [-0.2, 0) is 0 Å². The third kappa shape index (κ3) is 1.05. The summed E-state index contributed by atoms with van der Waals surface area (Å²) in [7, 11) is 0. The highest BCUT2D eigenvalue weighted by Gasteiger charge is 2.22. The van der Waals surface area contributed by atoms with E-state index >= 15 is 0 Å². The van der Waals surface area contributed by atoms with Crippen LogP contribution >= 0.6 is 0 Å². The van der Waals surface area contributed by atoms with E-state index in [4.69, 9.17) is 0 Å². The maximum absolute atomic E-state index is 4.50. The lowest BCUT2D eigenvalue weighted by molar-refractivity contribution is 0.953.